The third-order valence-electron chi connectivity index (χ3n) is 11.5. The lowest BCUT2D eigenvalue weighted by Gasteiger charge is -2.19. The minimum atomic E-state index is 0.0447. The summed E-state index contributed by atoms with van der Waals surface area (Å²) in [5.41, 5.74) is 9.83. The van der Waals surface area contributed by atoms with E-state index in [9.17, 15) is 0 Å². The number of halogens is 1. The van der Waals surface area contributed by atoms with Crippen molar-refractivity contribution in [3.8, 4) is 11.4 Å². The van der Waals surface area contributed by atoms with E-state index in [1.807, 2.05) is 0 Å². The summed E-state index contributed by atoms with van der Waals surface area (Å²) >= 11 is 4.24. The highest BCUT2D eigenvalue weighted by atomic mass is 79.9. The smallest absolute Gasteiger partial charge is 0.0656 e. The average Bonchev–Trinajstić information content (AvgIpc) is 3.66. The maximum absolute atomic E-state index is 4.24. The van der Waals surface area contributed by atoms with Gasteiger partial charge in [0.2, 0.25) is 0 Å². The van der Waals surface area contributed by atoms with E-state index in [0.29, 0.717) is 0 Å². The molecule has 0 aliphatic carbocycles. The van der Waals surface area contributed by atoms with E-state index >= 15 is 0 Å². The van der Waals surface area contributed by atoms with Crippen LogP contribution < -0.4 is 0 Å². The first-order chi connectivity index (χ1) is 25.5. The van der Waals surface area contributed by atoms with Crippen molar-refractivity contribution >= 4 is 91.9 Å². The molecule has 0 aliphatic rings. The van der Waals surface area contributed by atoms with Crippen molar-refractivity contribution in [2.24, 2.45) is 0 Å². The van der Waals surface area contributed by atoms with Crippen molar-refractivity contribution in [3.05, 3.63) is 155 Å². The fraction of sp³-hybridized carbons (Fsp3) is 0.160. The number of hydrogen-bond donors (Lipinski definition) is 0. The molecule has 2 aromatic heterocycles. The van der Waals surface area contributed by atoms with Crippen LogP contribution in [0.25, 0.3) is 87.3 Å². The second kappa shape index (κ2) is 11.3. The van der Waals surface area contributed by atoms with Gasteiger partial charge in [0.15, 0.2) is 0 Å². The summed E-state index contributed by atoms with van der Waals surface area (Å²) in [7, 11) is 0. The van der Waals surface area contributed by atoms with Gasteiger partial charge in [0.05, 0.1) is 37.9 Å². The van der Waals surface area contributed by atoms with Crippen molar-refractivity contribution in [1.29, 1.82) is 0 Å². The highest BCUT2D eigenvalue weighted by Gasteiger charge is 2.24. The Kier molecular flexibility index (Phi) is 6.89. The van der Waals surface area contributed by atoms with Crippen molar-refractivity contribution in [1.82, 2.24) is 9.13 Å². The molecule has 0 radical (unpaired) electrons. The molecular weight excluding hydrogens is 708 g/mol. The van der Waals surface area contributed by atoms with Gasteiger partial charge in [-0.1, -0.05) is 133 Å². The Hall–Kier alpha value is -5.38. The number of fused-ring (bicyclic) bond motifs is 13. The van der Waals surface area contributed by atoms with Crippen LogP contribution in [-0.4, -0.2) is 9.13 Å². The minimum Gasteiger partial charge on any atom is -0.308 e. The van der Waals surface area contributed by atoms with E-state index in [2.05, 4.69) is 206 Å². The molecule has 0 amide bonds. The fourth-order valence-electron chi connectivity index (χ4n) is 8.78. The molecule has 3 heteroatoms. The molecule has 53 heavy (non-hydrogen) atoms. The zero-order valence-corrected chi connectivity index (χ0v) is 32.6. The van der Waals surface area contributed by atoms with E-state index in [-0.39, 0.29) is 10.8 Å². The quantitative estimate of drug-likeness (QED) is 0.156. The molecule has 258 valence electrons. The predicted octanol–water partition coefficient (Wildman–Crippen LogP) is 14.7. The van der Waals surface area contributed by atoms with Crippen LogP contribution in [-0.2, 0) is 10.8 Å². The number of benzene rings is 8. The van der Waals surface area contributed by atoms with Gasteiger partial charge in [-0.2, -0.15) is 0 Å². The molecule has 8 aromatic carbocycles. The van der Waals surface area contributed by atoms with Gasteiger partial charge in [-0.15, -0.1) is 0 Å². The number of rotatable bonds is 2. The third-order valence-corrected chi connectivity index (χ3v) is 12.3. The molecular formula is C50H41BrN2. The Morgan fingerprint density at radius 1 is 0.358 bits per heavy atom. The molecule has 10 rings (SSSR count). The maximum Gasteiger partial charge on any atom is 0.0656 e. The molecule has 0 saturated carbocycles. The lowest BCUT2D eigenvalue weighted by Crippen LogP contribution is -2.10. The largest absolute Gasteiger partial charge is 0.308 e. The summed E-state index contributed by atoms with van der Waals surface area (Å²) in [5, 5.41) is 12.9. The van der Waals surface area contributed by atoms with Gasteiger partial charge in [0.1, 0.15) is 0 Å². The monoisotopic (exact) mass is 748 g/mol. The van der Waals surface area contributed by atoms with E-state index in [1.165, 1.54) is 87.1 Å². The van der Waals surface area contributed by atoms with Crippen molar-refractivity contribution < 1.29 is 0 Å². The molecule has 0 atom stereocenters. The predicted molar refractivity (Wildman–Crippen MR) is 233 cm³/mol. The van der Waals surface area contributed by atoms with Crippen LogP contribution in [0.4, 0.5) is 0 Å². The summed E-state index contributed by atoms with van der Waals surface area (Å²) in [5.74, 6) is 0. The van der Waals surface area contributed by atoms with Crippen LogP contribution in [0.15, 0.2) is 144 Å². The molecule has 2 heterocycles. The van der Waals surface area contributed by atoms with Gasteiger partial charge >= 0.3 is 0 Å². The normalized spacial score (nSPS) is 12.8. The van der Waals surface area contributed by atoms with Gasteiger partial charge in [-0.05, 0) is 113 Å². The highest BCUT2D eigenvalue weighted by molar-refractivity contribution is 9.10. The van der Waals surface area contributed by atoms with Gasteiger partial charge in [-0.25, -0.2) is 0 Å². The van der Waals surface area contributed by atoms with Gasteiger partial charge in [-0.3, -0.25) is 0 Å². The van der Waals surface area contributed by atoms with E-state index < -0.39 is 0 Å². The number of aromatic nitrogens is 2. The maximum atomic E-state index is 4.24. The Morgan fingerprint density at radius 2 is 0.774 bits per heavy atom. The van der Waals surface area contributed by atoms with Crippen LogP contribution in [0.1, 0.15) is 52.7 Å². The van der Waals surface area contributed by atoms with Gasteiger partial charge in [0, 0.05) is 26.9 Å². The van der Waals surface area contributed by atoms with Crippen LogP contribution in [0.3, 0.4) is 0 Å². The summed E-state index contributed by atoms with van der Waals surface area (Å²) in [6.45, 7) is 13.8. The SMILES string of the molecule is CC(C)(C)c1ccc2c(c1)c1cc(C(C)(C)C)ccc1n2-c1cccc(-n2c3ccccc3c3c4c5ccccc5c5ccccc5c4ccc32)c1Br. The Balaban J connectivity index is 1.30. The Labute approximate surface area is 318 Å². The minimum absolute atomic E-state index is 0.0447. The number of hydrogen-bond acceptors (Lipinski definition) is 0. The summed E-state index contributed by atoms with van der Waals surface area (Å²) in [6.07, 6.45) is 0. The average molecular weight is 750 g/mol. The third kappa shape index (κ3) is 4.69. The first kappa shape index (κ1) is 32.3. The van der Waals surface area contributed by atoms with Crippen LogP contribution in [0.5, 0.6) is 0 Å². The molecule has 10 aromatic rings. The highest BCUT2D eigenvalue weighted by Crippen LogP contribution is 2.45. The molecule has 0 unspecified atom stereocenters. The first-order valence-corrected chi connectivity index (χ1v) is 19.4. The van der Waals surface area contributed by atoms with Crippen LogP contribution in [0, 0.1) is 0 Å². The van der Waals surface area contributed by atoms with Gasteiger partial charge < -0.3 is 9.13 Å². The first-order valence-electron chi connectivity index (χ1n) is 18.6. The summed E-state index contributed by atoms with van der Waals surface area (Å²) in [4.78, 5) is 0. The van der Waals surface area contributed by atoms with Gasteiger partial charge in [0.25, 0.3) is 0 Å². The molecule has 0 spiro atoms. The Morgan fingerprint density at radius 3 is 1.32 bits per heavy atom. The Bertz CT molecular complexity index is 3030. The van der Waals surface area contributed by atoms with Crippen LogP contribution in [0.2, 0.25) is 0 Å². The summed E-state index contributed by atoms with van der Waals surface area (Å²) < 4.78 is 5.98. The number of nitrogens with zero attached hydrogens (tertiary/aromatic N) is 2. The molecule has 0 saturated heterocycles. The second-order valence-electron chi connectivity index (χ2n) is 16.7. The zero-order chi connectivity index (χ0) is 36.4. The topological polar surface area (TPSA) is 9.86 Å². The number of para-hydroxylation sites is 1. The lowest BCUT2D eigenvalue weighted by atomic mass is 9.85. The second-order valence-corrected chi connectivity index (χ2v) is 17.5. The van der Waals surface area contributed by atoms with E-state index in [1.54, 1.807) is 0 Å². The molecule has 0 bridgehead atoms. The molecule has 0 N–H and O–H groups in total. The lowest BCUT2D eigenvalue weighted by molar-refractivity contribution is 0.590. The van der Waals surface area contributed by atoms with Crippen molar-refractivity contribution in [3.63, 3.8) is 0 Å². The standard InChI is InChI=1S/C50H41BrN2/c1-49(2,3)30-22-25-41-38(28-30)39-29-31(50(4,5)6)23-26-42(39)52(41)44-20-13-21-45(48(44)51)53-40-19-12-11-18-37(40)47-43(53)27-24-36-34-16-8-7-14-32(34)33-15-9-10-17-35(33)46(36)47/h7-29H,1-6H3. The van der Waals surface area contributed by atoms with E-state index in [4.69, 9.17) is 0 Å². The zero-order valence-electron chi connectivity index (χ0n) is 31.1. The molecule has 0 fully saturated rings. The fourth-order valence-corrected chi connectivity index (χ4v) is 9.40. The molecule has 2 nitrogen and oxygen atoms in total. The van der Waals surface area contributed by atoms with Crippen LogP contribution >= 0.6 is 15.9 Å². The van der Waals surface area contributed by atoms with Crippen molar-refractivity contribution in [2.75, 3.05) is 0 Å². The summed E-state index contributed by atoms with van der Waals surface area (Å²) in [6, 6.07) is 52.2. The van der Waals surface area contributed by atoms with E-state index in [0.717, 1.165) is 15.8 Å². The van der Waals surface area contributed by atoms with Crippen molar-refractivity contribution in [2.45, 2.75) is 52.4 Å². The molecule has 0 aliphatic heterocycles.